The molecule has 1 unspecified atom stereocenters. The Balaban J connectivity index is 1.95. The lowest BCUT2D eigenvalue weighted by molar-refractivity contribution is -0.118. The van der Waals surface area contributed by atoms with Gasteiger partial charge in [0, 0.05) is 12.1 Å². The quantitative estimate of drug-likeness (QED) is 0.595. The monoisotopic (exact) mass is 387 g/mol. The molecule has 0 saturated carbocycles. The smallest absolute Gasteiger partial charge is 0.263 e. The molecule has 0 radical (unpaired) electrons. The van der Waals surface area contributed by atoms with Gasteiger partial charge in [-0.1, -0.05) is 62.4 Å². The minimum atomic E-state index is -0.535. The van der Waals surface area contributed by atoms with Crippen molar-refractivity contribution >= 4 is 23.1 Å². The fourth-order valence-electron chi connectivity index (χ4n) is 3.44. The average molecular weight is 387 g/mol. The molecular formula is C24H25N3O2. The lowest BCUT2D eigenvalue weighted by atomic mass is 10.0. The van der Waals surface area contributed by atoms with Gasteiger partial charge in [0.15, 0.2) is 0 Å². The van der Waals surface area contributed by atoms with Gasteiger partial charge < -0.3 is 10.2 Å². The second-order valence-electron chi connectivity index (χ2n) is 7.62. The maximum atomic E-state index is 13.2. The Morgan fingerprint density at radius 2 is 1.72 bits per heavy atom. The molecule has 148 valence electrons. The highest BCUT2D eigenvalue weighted by molar-refractivity contribution is 6.37. The summed E-state index contributed by atoms with van der Waals surface area (Å²) in [4.78, 5) is 27.8. The molecule has 1 atom stereocenters. The van der Waals surface area contributed by atoms with Crippen LogP contribution in [0.15, 0.2) is 60.2 Å². The number of benzene rings is 2. The predicted molar refractivity (Wildman–Crippen MR) is 114 cm³/mol. The molecule has 1 N–H and O–H groups in total. The van der Waals surface area contributed by atoms with Gasteiger partial charge in [-0.2, -0.15) is 5.26 Å². The van der Waals surface area contributed by atoms with Crippen LogP contribution in [-0.4, -0.2) is 18.4 Å². The van der Waals surface area contributed by atoms with Crippen molar-refractivity contribution in [3.8, 4) is 6.07 Å². The number of fused-ring (bicyclic) bond motifs is 1. The summed E-state index contributed by atoms with van der Waals surface area (Å²) in [6.07, 6.45) is 0.840. The molecule has 0 spiro atoms. The normalized spacial score (nSPS) is 15.7. The van der Waals surface area contributed by atoms with Crippen molar-refractivity contribution in [1.29, 1.82) is 5.26 Å². The van der Waals surface area contributed by atoms with Crippen LogP contribution in [0.5, 0.6) is 0 Å². The molecule has 0 aliphatic carbocycles. The Hall–Kier alpha value is -3.39. The maximum Gasteiger partial charge on any atom is 0.263 e. The summed E-state index contributed by atoms with van der Waals surface area (Å²) in [6.45, 7) is 6.61. The van der Waals surface area contributed by atoms with Gasteiger partial charge in [0.2, 0.25) is 0 Å². The standard InChI is InChI=1S/C24H25N3O2/c1-16(2)13-14-27-21-12-8-7-11-19(21)22(24(27)29)20(15-25)23(28)26-17(3)18-9-5-4-6-10-18/h4-12,16-17H,13-14H2,1-3H3,(H,26,28). The SMILES string of the molecule is CC(C)CCN1C(=O)C(=C(C#N)C(=O)NC(C)c2ccccc2)c2ccccc21. The summed E-state index contributed by atoms with van der Waals surface area (Å²) in [5, 5.41) is 12.6. The number of hydrogen-bond acceptors (Lipinski definition) is 3. The molecule has 0 bridgehead atoms. The van der Waals surface area contributed by atoms with E-state index in [1.54, 1.807) is 11.0 Å². The van der Waals surface area contributed by atoms with Crippen LogP contribution in [0.3, 0.4) is 0 Å². The van der Waals surface area contributed by atoms with Crippen molar-refractivity contribution < 1.29 is 9.59 Å². The summed E-state index contributed by atoms with van der Waals surface area (Å²) in [7, 11) is 0. The third-order valence-electron chi connectivity index (χ3n) is 5.09. The topological polar surface area (TPSA) is 73.2 Å². The molecule has 0 saturated heterocycles. The van der Waals surface area contributed by atoms with E-state index in [2.05, 4.69) is 19.2 Å². The van der Waals surface area contributed by atoms with Gasteiger partial charge in [-0.15, -0.1) is 0 Å². The summed E-state index contributed by atoms with van der Waals surface area (Å²) in [5.41, 5.74) is 2.37. The highest BCUT2D eigenvalue weighted by Gasteiger charge is 2.36. The van der Waals surface area contributed by atoms with Crippen molar-refractivity contribution in [3.05, 3.63) is 71.3 Å². The maximum absolute atomic E-state index is 13.2. The summed E-state index contributed by atoms with van der Waals surface area (Å²) < 4.78 is 0. The van der Waals surface area contributed by atoms with Gasteiger partial charge in [0.05, 0.1) is 17.3 Å². The molecule has 5 nitrogen and oxygen atoms in total. The highest BCUT2D eigenvalue weighted by Crippen LogP contribution is 2.38. The van der Waals surface area contributed by atoms with Gasteiger partial charge in [0.25, 0.3) is 11.8 Å². The van der Waals surface area contributed by atoms with Gasteiger partial charge in [-0.05, 0) is 30.9 Å². The Labute approximate surface area is 171 Å². The second kappa shape index (κ2) is 8.74. The molecule has 2 amide bonds. The third-order valence-corrected chi connectivity index (χ3v) is 5.09. The number of nitriles is 1. The number of nitrogens with one attached hydrogen (secondary N) is 1. The zero-order valence-corrected chi connectivity index (χ0v) is 17.0. The molecule has 1 aliphatic heterocycles. The van der Waals surface area contributed by atoms with Gasteiger partial charge in [0.1, 0.15) is 11.6 Å². The zero-order valence-electron chi connectivity index (χ0n) is 17.0. The van der Waals surface area contributed by atoms with E-state index in [4.69, 9.17) is 0 Å². The molecule has 1 aliphatic rings. The lowest BCUT2D eigenvalue weighted by Gasteiger charge is -2.18. The van der Waals surface area contributed by atoms with Gasteiger partial charge in [-0.25, -0.2) is 0 Å². The van der Waals surface area contributed by atoms with Gasteiger partial charge in [-0.3, -0.25) is 9.59 Å². The second-order valence-corrected chi connectivity index (χ2v) is 7.62. The minimum absolute atomic E-state index is 0.141. The third kappa shape index (κ3) is 4.22. The average Bonchev–Trinajstić information content (AvgIpc) is 2.99. The first-order chi connectivity index (χ1) is 13.9. The lowest BCUT2D eigenvalue weighted by Crippen LogP contribution is -2.31. The number of hydrogen-bond donors (Lipinski definition) is 1. The Bertz CT molecular complexity index is 987. The van der Waals surface area contributed by atoms with Crippen LogP contribution in [0.2, 0.25) is 0 Å². The molecule has 0 fully saturated rings. The fourth-order valence-corrected chi connectivity index (χ4v) is 3.44. The van der Waals surface area contributed by atoms with Crippen LogP contribution in [0, 0.1) is 17.2 Å². The Kier molecular flexibility index (Phi) is 6.13. The minimum Gasteiger partial charge on any atom is -0.345 e. The molecule has 29 heavy (non-hydrogen) atoms. The summed E-state index contributed by atoms with van der Waals surface area (Å²) >= 11 is 0. The van der Waals surface area contributed by atoms with E-state index in [1.165, 1.54) is 0 Å². The van der Waals surface area contributed by atoms with Crippen molar-refractivity contribution in [3.63, 3.8) is 0 Å². The predicted octanol–water partition coefficient (Wildman–Crippen LogP) is 4.23. The molecule has 3 rings (SSSR count). The van der Waals surface area contributed by atoms with E-state index in [9.17, 15) is 14.9 Å². The molecule has 2 aromatic carbocycles. The number of carbonyl (C=O) groups is 2. The van der Waals surface area contributed by atoms with Crippen molar-refractivity contribution in [2.75, 3.05) is 11.4 Å². The van der Waals surface area contributed by atoms with Crippen LogP contribution in [0.4, 0.5) is 5.69 Å². The first-order valence-corrected chi connectivity index (χ1v) is 9.85. The van der Waals surface area contributed by atoms with Crippen LogP contribution < -0.4 is 10.2 Å². The Morgan fingerprint density at radius 3 is 2.38 bits per heavy atom. The van der Waals surface area contributed by atoms with E-state index in [0.717, 1.165) is 17.7 Å². The number of anilines is 1. The van der Waals surface area contributed by atoms with Crippen molar-refractivity contribution in [2.24, 2.45) is 5.92 Å². The summed E-state index contributed by atoms with van der Waals surface area (Å²) in [5.74, 6) is -0.382. The molecule has 1 heterocycles. The fraction of sp³-hybridized carbons (Fsp3) is 0.292. The van der Waals surface area contributed by atoms with E-state index in [1.807, 2.05) is 61.5 Å². The van der Waals surface area contributed by atoms with Crippen LogP contribution in [-0.2, 0) is 9.59 Å². The zero-order chi connectivity index (χ0) is 21.0. The number of nitrogens with zero attached hydrogens (tertiary/aromatic N) is 2. The molecule has 0 aromatic heterocycles. The van der Waals surface area contributed by atoms with Crippen LogP contribution in [0.1, 0.15) is 44.4 Å². The Morgan fingerprint density at radius 1 is 1.07 bits per heavy atom. The molecular weight excluding hydrogens is 362 g/mol. The van der Waals surface area contributed by atoms with E-state index >= 15 is 0 Å². The summed E-state index contributed by atoms with van der Waals surface area (Å²) in [6, 6.07) is 18.5. The van der Waals surface area contributed by atoms with Crippen LogP contribution in [0.25, 0.3) is 5.57 Å². The van der Waals surface area contributed by atoms with E-state index in [-0.39, 0.29) is 23.1 Å². The van der Waals surface area contributed by atoms with E-state index < -0.39 is 5.91 Å². The first kappa shape index (κ1) is 20.3. The van der Waals surface area contributed by atoms with Crippen LogP contribution >= 0.6 is 0 Å². The molecule has 2 aromatic rings. The number of amides is 2. The number of rotatable bonds is 6. The largest absolute Gasteiger partial charge is 0.345 e. The first-order valence-electron chi connectivity index (χ1n) is 9.85. The molecule has 5 heteroatoms. The van der Waals surface area contributed by atoms with Crippen molar-refractivity contribution in [2.45, 2.75) is 33.2 Å². The van der Waals surface area contributed by atoms with E-state index in [0.29, 0.717) is 18.0 Å². The van der Waals surface area contributed by atoms with Crippen molar-refractivity contribution in [1.82, 2.24) is 5.32 Å². The number of carbonyl (C=O) groups excluding carboxylic acids is 2. The van der Waals surface area contributed by atoms with Gasteiger partial charge >= 0.3 is 0 Å². The number of para-hydroxylation sites is 1. The highest BCUT2D eigenvalue weighted by atomic mass is 16.2.